The van der Waals surface area contributed by atoms with Crippen molar-refractivity contribution in [2.75, 3.05) is 12.1 Å². The van der Waals surface area contributed by atoms with Crippen molar-refractivity contribution in [2.24, 2.45) is 5.10 Å². The minimum atomic E-state index is 0.0776. The van der Waals surface area contributed by atoms with Crippen LogP contribution >= 0.6 is 15.9 Å². The molecule has 0 radical (unpaired) electrons. The van der Waals surface area contributed by atoms with Gasteiger partial charge in [-0.05, 0) is 51.3 Å². The summed E-state index contributed by atoms with van der Waals surface area (Å²) in [6.07, 6.45) is 1.75. The number of halogens is 1. The molecule has 0 heterocycles. The maximum absolute atomic E-state index is 9.95. The maximum atomic E-state index is 9.95. The fourth-order valence-corrected chi connectivity index (χ4v) is 2.98. The van der Waals surface area contributed by atoms with Gasteiger partial charge in [-0.15, -0.1) is 0 Å². The summed E-state index contributed by atoms with van der Waals surface area (Å²) in [5, 5.41) is 16.5. The molecule has 0 aliphatic rings. The fraction of sp³-hybridized carbons (Fsp3) is 0.0952. The lowest BCUT2D eigenvalue weighted by Crippen LogP contribution is -2.16. The molecule has 0 unspecified atom stereocenters. The molecule has 4 nitrogen and oxygen atoms in total. The van der Waals surface area contributed by atoms with E-state index in [2.05, 4.69) is 33.2 Å². The first kappa shape index (κ1) is 18.0. The second kappa shape index (κ2) is 8.54. The first-order valence-electron chi connectivity index (χ1n) is 8.14. The molecule has 0 fully saturated rings. The van der Waals surface area contributed by atoms with E-state index in [1.807, 2.05) is 53.5 Å². The number of phenolic OH excluding ortho intramolecular Hbond substituents is 1. The number of methoxy groups -OCH3 is 1. The fourth-order valence-electron chi connectivity index (χ4n) is 2.52. The molecular weight excluding hydrogens is 392 g/mol. The highest BCUT2D eigenvalue weighted by Crippen LogP contribution is 2.34. The monoisotopic (exact) mass is 410 g/mol. The van der Waals surface area contributed by atoms with E-state index >= 15 is 0 Å². The number of hydrogen-bond acceptors (Lipinski definition) is 4. The highest BCUT2D eigenvalue weighted by Gasteiger charge is 2.09. The van der Waals surface area contributed by atoms with E-state index < -0.39 is 0 Å². The molecule has 0 atom stereocenters. The van der Waals surface area contributed by atoms with Crippen LogP contribution in [0, 0.1) is 0 Å². The molecule has 132 valence electrons. The third kappa shape index (κ3) is 4.43. The molecule has 0 aromatic heterocycles. The van der Waals surface area contributed by atoms with Crippen LogP contribution < -0.4 is 9.75 Å². The van der Waals surface area contributed by atoms with Crippen molar-refractivity contribution in [2.45, 2.75) is 6.54 Å². The van der Waals surface area contributed by atoms with Crippen molar-refractivity contribution in [1.82, 2.24) is 0 Å². The van der Waals surface area contributed by atoms with Gasteiger partial charge in [-0.3, -0.25) is 5.01 Å². The second-order valence-electron chi connectivity index (χ2n) is 5.68. The van der Waals surface area contributed by atoms with Gasteiger partial charge < -0.3 is 9.84 Å². The Bertz CT molecular complexity index is 883. The number of anilines is 1. The van der Waals surface area contributed by atoms with E-state index in [4.69, 9.17) is 4.74 Å². The minimum absolute atomic E-state index is 0.0776. The van der Waals surface area contributed by atoms with Crippen LogP contribution in [0.15, 0.2) is 82.4 Å². The van der Waals surface area contributed by atoms with E-state index in [-0.39, 0.29) is 5.75 Å². The van der Waals surface area contributed by atoms with Crippen LogP contribution in [0.1, 0.15) is 11.1 Å². The highest BCUT2D eigenvalue weighted by molar-refractivity contribution is 9.10. The first-order valence-corrected chi connectivity index (χ1v) is 8.93. The molecule has 0 saturated heterocycles. The third-order valence-electron chi connectivity index (χ3n) is 3.85. The van der Waals surface area contributed by atoms with Crippen LogP contribution in [0.2, 0.25) is 0 Å². The zero-order valence-electron chi connectivity index (χ0n) is 14.3. The Kier molecular flexibility index (Phi) is 5.92. The number of hydrazone groups is 1. The molecule has 0 bridgehead atoms. The Morgan fingerprint density at radius 2 is 1.69 bits per heavy atom. The lowest BCUT2D eigenvalue weighted by molar-refractivity contribution is 0.372. The number of para-hydroxylation sites is 1. The molecule has 0 aliphatic carbocycles. The Morgan fingerprint density at radius 3 is 2.35 bits per heavy atom. The summed E-state index contributed by atoms with van der Waals surface area (Å²) >= 11 is 3.34. The van der Waals surface area contributed by atoms with Gasteiger partial charge in [0.2, 0.25) is 0 Å². The Labute approximate surface area is 161 Å². The zero-order chi connectivity index (χ0) is 18.4. The number of rotatable bonds is 6. The number of nitrogens with zero attached hydrogens (tertiary/aromatic N) is 2. The second-order valence-corrected chi connectivity index (χ2v) is 6.53. The molecule has 0 spiro atoms. The minimum Gasteiger partial charge on any atom is -0.503 e. The van der Waals surface area contributed by atoms with Crippen LogP contribution in [0.25, 0.3) is 0 Å². The zero-order valence-corrected chi connectivity index (χ0v) is 15.9. The number of ether oxygens (including phenoxy) is 1. The van der Waals surface area contributed by atoms with E-state index in [1.165, 1.54) is 7.11 Å². The van der Waals surface area contributed by atoms with Gasteiger partial charge >= 0.3 is 0 Å². The summed E-state index contributed by atoms with van der Waals surface area (Å²) in [5.41, 5.74) is 2.98. The number of aromatic hydroxyl groups is 1. The number of benzene rings is 3. The lowest BCUT2D eigenvalue weighted by atomic mass is 10.2. The van der Waals surface area contributed by atoms with Crippen molar-refractivity contribution < 1.29 is 9.84 Å². The molecule has 26 heavy (non-hydrogen) atoms. The predicted octanol–water partition coefficient (Wildman–Crippen LogP) is 5.20. The van der Waals surface area contributed by atoms with Gasteiger partial charge in [0.05, 0.1) is 30.0 Å². The molecule has 3 aromatic carbocycles. The van der Waals surface area contributed by atoms with Crippen LogP contribution in [0.5, 0.6) is 11.5 Å². The topological polar surface area (TPSA) is 45.1 Å². The molecule has 1 N–H and O–H groups in total. The van der Waals surface area contributed by atoms with Crippen molar-refractivity contribution >= 4 is 27.8 Å². The quantitative estimate of drug-likeness (QED) is 0.448. The number of phenols is 1. The van der Waals surface area contributed by atoms with Gasteiger partial charge in [-0.25, -0.2) is 0 Å². The highest BCUT2D eigenvalue weighted by atomic mass is 79.9. The van der Waals surface area contributed by atoms with Crippen LogP contribution in [0.4, 0.5) is 5.69 Å². The molecule has 3 aromatic rings. The van der Waals surface area contributed by atoms with Crippen LogP contribution in [0.3, 0.4) is 0 Å². The van der Waals surface area contributed by atoms with E-state index in [9.17, 15) is 5.11 Å². The lowest BCUT2D eigenvalue weighted by Gasteiger charge is -2.19. The average molecular weight is 411 g/mol. The molecule has 0 saturated carbocycles. The molecule has 5 heteroatoms. The van der Waals surface area contributed by atoms with Gasteiger partial charge in [-0.1, -0.05) is 48.5 Å². The summed E-state index contributed by atoms with van der Waals surface area (Å²) in [6.45, 7) is 0.651. The van der Waals surface area contributed by atoms with E-state index in [0.717, 1.165) is 16.8 Å². The summed E-state index contributed by atoms with van der Waals surface area (Å²) in [6, 6.07) is 23.7. The first-order chi connectivity index (χ1) is 12.7. The van der Waals surface area contributed by atoms with Gasteiger partial charge in [0.15, 0.2) is 11.5 Å². The van der Waals surface area contributed by atoms with Crippen LogP contribution in [-0.4, -0.2) is 18.4 Å². The standard InChI is InChI=1S/C21H19BrN2O2/c1-26-20-13-17(12-19(22)21(20)25)14-23-24(18-10-6-3-7-11-18)15-16-8-4-2-5-9-16/h2-14,25H,15H2,1H3. The van der Waals surface area contributed by atoms with Crippen molar-refractivity contribution in [1.29, 1.82) is 0 Å². The molecule has 0 aliphatic heterocycles. The van der Waals surface area contributed by atoms with Crippen molar-refractivity contribution in [3.8, 4) is 11.5 Å². The van der Waals surface area contributed by atoms with E-state index in [0.29, 0.717) is 16.8 Å². The largest absolute Gasteiger partial charge is 0.503 e. The van der Waals surface area contributed by atoms with Crippen molar-refractivity contribution in [3.05, 3.63) is 88.4 Å². The smallest absolute Gasteiger partial charge is 0.172 e. The van der Waals surface area contributed by atoms with Gasteiger partial charge in [0.1, 0.15) is 0 Å². The van der Waals surface area contributed by atoms with Gasteiger partial charge in [0.25, 0.3) is 0 Å². The van der Waals surface area contributed by atoms with Crippen molar-refractivity contribution in [3.63, 3.8) is 0 Å². The Hall–Kier alpha value is -2.79. The molecular formula is C21H19BrN2O2. The average Bonchev–Trinajstić information content (AvgIpc) is 2.69. The van der Waals surface area contributed by atoms with Crippen LogP contribution in [-0.2, 0) is 6.54 Å². The number of hydrogen-bond donors (Lipinski definition) is 1. The normalized spacial score (nSPS) is 10.8. The predicted molar refractivity (Wildman–Crippen MR) is 109 cm³/mol. The van der Waals surface area contributed by atoms with Gasteiger partial charge in [-0.2, -0.15) is 5.10 Å². The summed E-state index contributed by atoms with van der Waals surface area (Å²) < 4.78 is 5.76. The summed E-state index contributed by atoms with van der Waals surface area (Å²) in [5.74, 6) is 0.476. The Balaban J connectivity index is 1.90. The maximum Gasteiger partial charge on any atom is 0.172 e. The SMILES string of the molecule is COc1cc(C=NN(Cc2ccccc2)c2ccccc2)cc(Br)c1O. The molecule has 0 amide bonds. The molecule has 3 rings (SSSR count). The Morgan fingerprint density at radius 1 is 1.04 bits per heavy atom. The summed E-state index contributed by atoms with van der Waals surface area (Å²) in [7, 11) is 1.52. The summed E-state index contributed by atoms with van der Waals surface area (Å²) in [4.78, 5) is 0. The van der Waals surface area contributed by atoms with Gasteiger partial charge in [0, 0.05) is 0 Å². The van der Waals surface area contributed by atoms with E-state index in [1.54, 1.807) is 18.3 Å². The third-order valence-corrected chi connectivity index (χ3v) is 4.45.